The van der Waals surface area contributed by atoms with Gasteiger partial charge in [0.15, 0.2) is 0 Å². The smallest absolute Gasteiger partial charge is 0.108 e. The highest BCUT2D eigenvalue weighted by atomic mass is 35.5. The number of nitrogens with two attached hydrogens (primary N) is 1. The molecule has 1 aromatic heterocycles. The van der Waals surface area contributed by atoms with Crippen LogP contribution in [0.5, 0.6) is 0 Å². The predicted molar refractivity (Wildman–Crippen MR) is 68.7 cm³/mol. The van der Waals surface area contributed by atoms with Gasteiger partial charge in [0.05, 0.1) is 0 Å². The van der Waals surface area contributed by atoms with Gasteiger partial charge >= 0.3 is 0 Å². The fourth-order valence-electron chi connectivity index (χ4n) is 1.58. The third-order valence-electron chi connectivity index (χ3n) is 2.54. The van der Waals surface area contributed by atoms with Gasteiger partial charge in [-0.15, -0.1) is 12.4 Å². The molecule has 0 aliphatic rings. The summed E-state index contributed by atoms with van der Waals surface area (Å²) in [6, 6.07) is 8.01. The second kappa shape index (κ2) is 5.56. The Balaban J connectivity index is 0.00000128. The van der Waals surface area contributed by atoms with Gasteiger partial charge in [0.1, 0.15) is 5.82 Å². The largest absolute Gasteiger partial charge is 0.399 e. The Bertz CT molecular complexity index is 434. The first-order chi connectivity index (χ1) is 7.25. The molecule has 2 aromatic rings. The first kappa shape index (κ1) is 12.6. The first-order valence-electron chi connectivity index (χ1n) is 5.06. The zero-order valence-electron chi connectivity index (χ0n) is 9.26. The lowest BCUT2D eigenvalue weighted by Gasteiger charge is -2.02. The Labute approximate surface area is 102 Å². The fraction of sp³-hybridized carbons (Fsp3) is 0.250. The average molecular weight is 238 g/mol. The van der Waals surface area contributed by atoms with Crippen molar-refractivity contribution >= 4 is 18.1 Å². The predicted octanol–water partition coefficient (Wildman–Crippen LogP) is 2.21. The Kier molecular flexibility index (Phi) is 4.38. The number of halogens is 1. The van der Waals surface area contributed by atoms with Crippen LogP contribution in [0.25, 0.3) is 0 Å². The summed E-state index contributed by atoms with van der Waals surface area (Å²) in [4.78, 5) is 4.29. The monoisotopic (exact) mass is 237 g/mol. The highest BCUT2D eigenvalue weighted by molar-refractivity contribution is 5.85. The van der Waals surface area contributed by atoms with Crippen LogP contribution in [0.15, 0.2) is 36.7 Å². The van der Waals surface area contributed by atoms with Crippen molar-refractivity contribution in [1.82, 2.24) is 9.55 Å². The van der Waals surface area contributed by atoms with Gasteiger partial charge in [-0.2, -0.15) is 0 Å². The van der Waals surface area contributed by atoms with E-state index in [1.807, 2.05) is 31.6 Å². The molecule has 4 heteroatoms. The first-order valence-corrected chi connectivity index (χ1v) is 5.06. The van der Waals surface area contributed by atoms with E-state index in [1.54, 1.807) is 0 Å². The molecule has 1 aromatic carbocycles. The maximum absolute atomic E-state index is 5.63. The summed E-state index contributed by atoms with van der Waals surface area (Å²) < 4.78 is 2.05. The van der Waals surface area contributed by atoms with Gasteiger partial charge in [-0.3, -0.25) is 0 Å². The molecular formula is C12H16ClN3. The Hall–Kier alpha value is -1.48. The van der Waals surface area contributed by atoms with Crippen molar-refractivity contribution in [2.75, 3.05) is 5.73 Å². The normalized spacial score (nSPS) is 9.81. The average Bonchev–Trinajstić information content (AvgIpc) is 2.63. The molecule has 0 atom stereocenters. The molecule has 86 valence electrons. The maximum atomic E-state index is 5.63. The van der Waals surface area contributed by atoms with Crippen molar-refractivity contribution in [2.24, 2.45) is 7.05 Å². The van der Waals surface area contributed by atoms with Crippen LogP contribution >= 0.6 is 12.4 Å². The minimum atomic E-state index is 0. The van der Waals surface area contributed by atoms with Gasteiger partial charge in [-0.05, 0) is 24.1 Å². The van der Waals surface area contributed by atoms with Crippen LogP contribution in [-0.2, 0) is 19.9 Å². The molecule has 0 unspecified atom stereocenters. The molecule has 0 amide bonds. The Morgan fingerprint density at radius 1 is 1.19 bits per heavy atom. The lowest BCUT2D eigenvalue weighted by molar-refractivity contribution is 0.771. The van der Waals surface area contributed by atoms with Crippen molar-refractivity contribution in [3.63, 3.8) is 0 Å². The lowest BCUT2D eigenvalue weighted by atomic mass is 10.1. The summed E-state index contributed by atoms with van der Waals surface area (Å²) in [6.07, 6.45) is 5.77. The number of nitrogens with zero attached hydrogens (tertiary/aromatic N) is 2. The van der Waals surface area contributed by atoms with Gasteiger partial charge in [0.2, 0.25) is 0 Å². The Morgan fingerprint density at radius 2 is 1.88 bits per heavy atom. The summed E-state index contributed by atoms with van der Waals surface area (Å²) in [5, 5.41) is 0. The van der Waals surface area contributed by atoms with E-state index in [-0.39, 0.29) is 12.4 Å². The van der Waals surface area contributed by atoms with Crippen LogP contribution in [0.2, 0.25) is 0 Å². The summed E-state index contributed by atoms with van der Waals surface area (Å²) in [6.45, 7) is 0. The molecule has 16 heavy (non-hydrogen) atoms. The van der Waals surface area contributed by atoms with Crippen LogP contribution in [0.4, 0.5) is 5.69 Å². The summed E-state index contributed by atoms with van der Waals surface area (Å²) in [5.41, 5.74) is 7.74. The number of nitrogen functional groups attached to an aromatic ring is 1. The number of benzene rings is 1. The van der Waals surface area contributed by atoms with Crippen molar-refractivity contribution in [2.45, 2.75) is 12.8 Å². The van der Waals surface area contributed by atoms with Crippen LogP contribution in [0.3, 0.4) is 0 Å². The molecule has 0 aliphatic heterocycles. The van der Waals surface area contributed by atoms with Crippen molar-refractivity contribution in [1.29, 1.82) is 0 Å². The highest BCUT2D eigenvalue weighted by Gasteiger charge is 1.99. The standard InChI is InChI=1S/C12H15N3.ClH/c1-15-9-8-14-12(15)7-4-10-2-5-11(13)6-3-10;/h2-3,5-6,8-9H,4,7,13H2,1H3;1H. The summed E-state index contributed by atoms with van der Waals surface area (Å²) >= 11 is 0. The van der Waals surface area contributed by atoms with Gasteiger partial charge in [-0.25, -0.2) is 4.98 Å². The van der Waals surface area contributed by atoms with Crippen molar-refractivity contribution in [3.05, 3.63) is 48.0 Å². The number of rotatable bonds is 3. The minimum Gasteiger partial charge on any atom is -0.399 e. The number of hydrogen-bond acceptors (Lipinski definition) is 2. The summed E-state index contributed by atoms with van der Waals surface area (Å²) in [7, 11) is 2.02. The topological polar surface area (TPSA) is 43.8 Å². The zero-order valence-corrected chi connectivity index (χ0v) is 10.1. The van der Waals surface area contributed by atoms with Crippen LogP contribution in [0.1, 0.15) is 11.4 Å². The third kappa shape index (κ3) is 3.00. The second-order valence-electron chi connectivity index (χ2n) is 3.70. The van der Waals surface area contributed by atoms with Crippen LogP contribution in [0, 0.1) is 0 Å². The molecule has 0 fully saturated rings. The number of anilines is 1. The molecular weight excluding hydrogens is 222 g/mol. The Morgan fingerprint density at radius 3 is 2.44 bits per heavy atom. The number of imidazole rings is 1. The van der Waals surface area contributed by atoms with Crippen molar-refractivity contribution in [3.8, 4) is 0 Å². The van der Waals surface area contributed by atoms with Gasteiger partial charge in [-0.1, -0.05) is 12.1 Å². The van der Waals surface area contributed by atoms with Crippen molar-refractivity contribution < 1.29 is 0 Å². The second-order valence-corrected chi connectivity index (χ2v) is 3.70. The van der Waals surface area contributed by atoms with Gasteiger partial charge < -0.3 is 10.3 Å². The summed E-state index contributed by atoms with van der Waals surface area (Å²) in [5.74, 6) is 1.12. The quantitative estimate of drug-likeness (QED) is 0.832. The molecule has 2 N–H and O–H groups in total. The molecule has 0 spiro atoms. The van der Waals surface area contributed by atoms with E-state index in [9.17, 15) is 0 Å². The highest BCUT2D eigenvalue weighted by Crippen LogP contribution is 2.08. The zero-order chi connectivity index (χ0) is 10.7. The number of hydrogen-bond donors (Lipinski definition) is 1. The van der Waals surface area contributed by atoms with E-state index in [1.165, 1.54) is 5.56 Å². The molecule has 0 saturated carbocycles. The van der Waals surface area contributed by atoms with E-state index in [0.717, 1.165) is 24.4 Å². The van der Waals surface area contributed by atoms with Crippen LogP contribution < -0.4 is 5.73 Å². The molecule has 0 radical (unpaired) electrons. The van der Waals surface area contributed by atoms with Crippen LogP contribution in [-0.4, -0.2) is 9.55 Å². The molecule has 2 rings (SSSR count). The van der Waals surface area contributed by atoms with E-state index in [2.05, 4.69) is 21.7 Å². The fourth-order valence-corrected chi connectivity index (χ4v) is 1.58. The molecule has 1 heterocycles. The number of aryl methyl sites for hydroxylation is 3. The third-order valence-corrected chi connectivity index (χ3v) is 2.54. The molecule has 3 nitrogen and oxygen atoms in total. The lowest BCUT2D eigenvalue weighted by Crippen LogP contribution is -1.99. The van der Waals surface area contributed by atoms with Gasteiger partial charge in [0.25, 0.3) is 0 Å². The minimum absolute atomic E-state index is 0. The SMILES string of the molecule is Cl.Cn1ccnc1CCc1ccc(N)cc1. The number of aromatic nitrogens is 2. The molecule has 0 saturated heterocycles. The van der Waals surface area contributed by atoms with E-state index in [0.29, 0.717) is 0 Å². The molecule has 0 aliphatic carbocycles. The molecule has 0 bridgehead atoms. The van der Waals surface area contributed by atoms with E-state index < -0.39 is 0 Å². The van der Waals surface area contributed by atoms with E-state index in [4.69, 9.17) is 5.73 Å². The van der Waals surface area contributed by atoms with Gasteiger partial charge in [0, 0.05) is 31.5 Å². The maximum Gasteiger partial charge on any atom is 0.108 e. The van der Waals surface area contributed by atoms with E-state index >= 15 is 0 Å².